The van der Waals surface area contributed by atoms with Gasteiger partial charge in [-0.2, -0.15) is 0 Å². The summed E-state index contributed by atoms with van der Waals surface area (Å²) in [6.45, 7) is 0. The van der Waals surface area contributed by atoms with Gasteiger partial charge in [-0.05, 0) is 0 Å². The molecule has 0 saturated heterocycles. The van der Waals surface area contributed by atoms with E-state index in [0.717, 1.165) is 0 Å². The number of rotatable bonds is 0. The van der Waals surface area contributed by atoms with E-state index in [1.807, 2.05) is 0 Å². The van der Waals surface area contributed by atoms with Crippen molar-refractivity contribution in [3.05, 3.63) is 0 Å². The van der Waals surface area contributed by atoms with Crippen molar-refractivity contribution in [2.45, 2.75) is 0 Å². The van der Waals surface area contributed by atoms with Gasteiger partial charge in [0.15, 0.2) is 0 Å². The van der Waals surface area contributed by atoms with Crippen molar-refractivity contribution >= 4 is 27.0 Å². The van der Waals surface area contributed by atoms with Gasteiger partial charge in [0.05, 0.1) is 0 Å². The van der Waals surface area contributed by atoms with Gasteiger partial charge in [-0.25, -0.2) is 0 Å². The van der Waals surface area contributed by atoms with Crippen molar-refractivity contribution in [3.8, 4) is 0 Å². The minimum Gasteiger partial charge on any atom is -2.00 e. The molecule has 0 aromatic carbocycles. The molecule has 25 valence electrons. The summed E-state index contributed by atoms with van der Waals surface area (Å²) < 4.78 is 0. The van der Waals surface area contributed by atoms with Crippen LogP contribution in [0.1, 0.15) is 0 Å². The molecule has 0 nitrogen and oxygen atoms in total. The normalized spacial score (nSPS) is 0. The van der Waals surface area contributed by atoms with Crippen LogP contribution in [0.5, 0.6) is 0 Å². The van der Waals surface area contributed by atoms with Gasteiger partial charge in [-0.3, -0.25) is 0 Å². The second-order valence-electron chi connectivity index (χ2n) is 0. The van der Waals surface area contributed by atoms with Gasteiger partial charge in [-0.15, -0.1) is 0 Å². The fourth-order valence-electron chi connectivity index (χ4n) is 0. The van der Waals surface area contributed by atoms with E-state index in [-0.39, 0.29) is 71.4 Å². The third-order valence-electron chi connectivity index (χ3n) is 0. The summed E-state index contributed by atoms with van der Waals surface area (Å²) in [6.07, 6.45) is 0. The maximum absolute atomic E-state index is 0. The van der Waals surface area contributed by atoms with E-state index in [9.17, 15) is 0 Å². The Hall–Kier alpha value is 2.14. The van der Waals surface area contributed by atoms with Crippen LogP contribution in [-0.4, -0.2) is 0 Å². The van der Waals surface area contributed by atoms with Crippen LogP contribution in [0.4, 0.5) is 0 Å². The molecule has 0 saturated carbocycles. The zero-order valence-electron chi connectivity index (χ0n) is 1.83. The largest absolute Gasteiger partial charge is 2.00 e. The Morgan fingerprint density at radius 3 is 0.750 bits per heavy atom. The number of hydrogen-bond donors (Lipinski definition) is 0. The number of hydrogen-bond acceptors (Lipinski definition) is 0. The van der Waals surface area contributed by atoms with Crippen molar-refractivity contribution in [1.29, 1.82) is 0 Å². The molecule has 1 radical (unpaired) electrons. The Bertz CT molecular complexity index is 6.00. The predicted molar refractivity (Wildman–Crippen MR) is 14.7 cm³/mol. The molecule has 0 aliphatic carbocycles. The Balaban J connectivity index is 0. The topological polar surface area (TPSA) is 0 Å². The molecule has 0 bridgehead atoms. The summed E-state index contributed by atoms with van der Waals surface area (Å²) in [5.74, 6) is 0. The SMILES string of the molecule is [Cd+2].[Cu+2].[S-2].[S-2]. The first-order valence-electron chi connectivity index (χ1n) is 0. The van der Waals surface area contributed by atoms with E-state index >= 15 is 0 Å². The summed E-state index contributed by atoms with van der Waals surface area (Å²) in [7, 11) is 0. The monoisotopic (exact) mass is 241 g/mol. The Morgan fingerprint density at radius 1 is 0.750 bits per heavy atom. The smallest absolute Gasteiger partial charge is 2.00 e. The zero-order chi connectivity index (χ0) is 0. The minimum atomic E-state index is 0. The van der Waals surface area contributed by atoms with Crippen LogP contribution in [0.3, 0.4) is 0 Å². The summed E-state index contributed by atoms with van der Waals surface area (Å²) in [5, 5.41) is 0. The van der Waals surface area contributed by atoms with Crippen molar-refractivity contribution < 1.29 is 44.4 Å². The van der Waals surface area contributed by atoms with Gasteiger partial charge in [0, 0.05) is 0 Å². The van der Waals surface area contributed by atoms with Crippen LogP contribution in [0.2, 0.25) is 0 Å². The third-order valence-corrected chi connectivity index (χ3v) is 0. The van der Waals surface area contributed by atoms with Crippen LogP contribution >= 0.6 is 0 Å². The molecule has 0 spiro atoms. The predicted octanol–water partition coefficient (Wildman–Crippen LogP) is -0.00980. The van der Waals surface area contributed by atoms with Crippen molar-refractivity contribution in [2.24, 2.45) is 0 Å². The Kier molecular flexibility index (Phi) is 170. The first-order valence-corrected chi connectivity index (χ1v) is 0. The molecule has 0 fully saturated rings. The standard InChI is InChI=1S/Cd.Cu.2S/q2*+2;2*-2. The van der Waals surface area contributed by atoms with Crippen LogP contribution in [-0.2, 0) is 71.4 Å². The summed E-state index contributed by atoms with van der Waals surface area (Å²) >= 11 is 0. The summed E-state index contributed by atoms with van der Waals surface area (Å²) in [6, 6.07) is 0. The van der Waals surface area contributed by atoms with Gasteiger partial charge in [-0.1, -0.05) is 0 Å². The fourth-order valence-corrected chi connectivity index (χ4v) is 0. The fraction of sp³-hybridized carbons (Fsp3) is 0. The Labute approximate surface area is 70.6 Å². The van der Waals surface area contributed by atoms with Gasteiger partial charge in [0.2, 0.25) is 0 Å². The molecular weight excluding hydrogens is 240 g/mol. The van der Waals surface area contributed by atoms with Crippen LogP contribution < -0.4 is 0 Å². The summed E-state index contributed by atoms with van der Waals surface area (Å²) in [5.41, 5.74) is 0. The van der Waals surface area contributed by atoms with Gasteiger partial charge < -0.3 is 27.0 Å². The molecule has 0 aromatic heterocycles. The van der Waals surface area contributed by atoms with E-state index in [1.54, 1.807) is 0 Å². The first-order chi connectivity index (χ1) is 0. The molecule has 0 rings (SSSR count). The first kappa shape index (κ1) is 35.4. The average molecular weight is 240 g/mol. The maximum atomic E-state index is 0. The molecule has 0 aliphatic heterocycles. The summed E-state index contributed by atoms with van der Waals surface area (Å²) in [4.78, 5) is 0. The van der Waals surface area contributed by atoms with Crippen LogP contribution in [0, 0.1) is 0 Å². The molecule has 0 aromatic rings. The Morgan fingerprint density at radius 2 is 0.750 bits per heavy atom. The van der Waals surface area contributed by atoms with E-state index in [0.29, 0.717) is 0 Å². The van der Waals surface area contributed by atoms with E-state index in [2.05, 4.69) is 0 Å². The van der Waals surface area contributed by atoms with Crippen molar-refractivity contribution in [3.63, 3.8) is 0 Å². The van der Waals surface area contributed by atoms with E-state index in [4.69, 9.17) is 0 Å². The zero-order valence-corrected chi connectivity index (χ0v) is 8.44. The molecule has 0 unspecified atom stereocenters. The van der Waals surface area contributed by atoms with Crippen LogP contribution in [0.15, 0.2) is 0 Å². The van der Waals surface area contributed by atoms with Crippen molar-refractivity contribution in [2.75, 3.05) is 0 Å². The maximum Gasteiger partial charge on any atom is 2.00 e. The molecule has 0 atom stereocenters. The van der Waals surface area contributed by atoms with Gasteiger partial charge in [0.25, 0.3) is 0 Å². The average Bonchev–Trinajstić information content (AvgIpc) is 0. The van der Waals surface area contributed by atoms with E-state index in [1.165, 1.54) is 0 Å². The van der Waals surface area contributed by atoms with Crippen LogP contribution in [0.25, 0.3) is 0 Å². The molecule has 0 N–H and O–H groups in total. The second-order valence-corrected chi connectivity index (χ2v) is 0. The molecule has 0 amide bonds. The molecule has 0 heterocycles. The molecule has 0 aliphatic rings. The minimum absolute atomic E-state index is 0. The third kappa shape index (κ3) is 8.91. The van der Waals surface area contributed by atoms with E-state index < -0.39 is 0 Å². The van der Waals surface area contributed by atoms with Crippen molar-refractivity contribution in [1.82, 2.24) is 0 Å². The molecule has 4 heavy (non-hydrogen) atoms. The second kappa shape index (κ2) is 19.2. The molecule has 4 heteroatoms. The van der Waals surface area contributed by atoms with Gasteiger partial charge >= 0.3 is 44.4 Å². The molecular formula is CdCuS2. The van der Waals surface area contributed by atoms with Gasteiger partial charge in [0.1, 0.15) is 0 Å². The quantitative estimate of drug-likeness (QED) is 0.522.